The van der Waals surface area contributed by atoms with Crippen molar-refractivity contribution in [2.24, 2.45) is 0 Å². The van der Waals surface area contributed by atoms with Crippen LogP contribution in [-0.2, 0) is 11.3 Å². The predicted molar refractivity (Wildman–Crippen MR) is 63.3 cm³/mol. The highest BCUT2D eigenvalue weighted by Gasteiger charge is 2.26. The fourth-order valence-electron chi connectivity index (χ4n) is 1.29. The Labute approximate surface area is 104 Å². The molecule has 1 rings (SSSR count). The Balaban J connectivity index is 2.33. The fraction of sp³-hybridized carbons (Fsp3) is 0.583. The van der Waals surface area contributed by atoms with E-state index in [1.807, 2.05) is 6.92 Å². The van der Waals surface area contributed by atoms with E-state index in [4.69, 9.17) is 4.74 Å². The fourth-order valence-corrected chi connectivity index (χ4v) is 1.29. The zero-order valence-electron chi connectivity index (χ0n) is 10.3. The van der Waals surface area contributed by atoms with Gasteiger partial charge in [0.15, 0.2) is 0 Å². The standard InChI is InChI=1S/C12H17F3N2O/c1-2-5-16-11-8-10(3-6-17-11)9-18-7-4-12(13,14)15/h3,6,8H,2,4-5,7,9H2,1H3,(H,16,17). The molecule has 1 aromatic heterocycles. The molecule has 0 fully saturated rings. The largest absolute Gasteiger partial charge is 0.391 e. The van der Waals surface area contributed by atoms with Gasteiger partial charge in [0, 0.05) is 12.7 Å². The lowest BCUT2D eigenvalue weighted by Crippen LogP contribution is -2.11. The smallest absolute Gasteiger partial charge is 0.376 e. The van der Waals surface area contributed by atoms with Crippen LogP contribution in [0.3, 0.4) is 0 Å². The van der Waals surface area contributed by atoms with E-state index >= 15 is 0 Å². The topological polar surface area (TPSA) is 34.1 Å². The summed E-state index contributed by atoms with van der Waals surface area (Å²) in [6, 6.07) is 3.51. The van der Waals surface area contributed by atoms with Crippen LogP contribution in [0.25, 0.3) is 0 Å². The van der Waals surface area contributed by atoms with E-state index in [0.717, 1.165) is 18.5 Å². The van der Waals surface area contributed by atoms with Crippen LogP contribution in [0.5, 0.6) is 0 Å². The number of nitrogens with zero attached hydrogens (tertiary/aromatic N) is 1. The van der Waals surface area contributed by atoms with Crippen molar-refractivity contribution in [1.82, 2.24) is 4.98 Å². The average Bonchev–Trinajstić information content (AvgIpc) is 2.31. The van der Waals surface area contributed by atoms with E-state index in [1.54, 1.807) is 18.3 Å². The maximum Gasteiger partial charge on any atom is 0.391 e. The van der Waals surface area contributed by atoms with Crippen molar-refractivity contribution in [2.45, 2.75) is 32.5 Å². The number of pyridine rings is 1. The third-order valence-corrected chi connectivity index (χ3v) is 2.18. The maximum atomic E-state index is 11.9. The van der Waals surface area contributed by atoms with Gasteiger partial charge >= 0.3 is 6.18 Å². The van der Waals surface area contributed by atoms with E-state index in [9.17, 15) is 13.2 Å². The minimum atomic E-state index is -4.16. The summed E-state index contributed by atoms with van der Waals surface area (Å²) in [5.74, 6) is 0.716. The zero-order chi connectivity index (χ0) is 13.4. The lowest BCUT2D eigenvalue weighted by Gasteiger charge is -2.08. The highest BCUT2D eigenvalue weighted by atomic mass is 19.4. The maximum absolute atomic E-state index is 11.9. The van der Waals surface area contributed by atoms with Gasteiger partial charge in [-0.3, -0.25) is 0 Å². The number of rotatable bonds is 7. The molecule has 0 aliphatic heterocycles. The lowest BCUT2D eigenvalue weighted by atomic mass is 10.3. The van der Waals surface area contributed by atoms with Gasteiger partial charge in [0.05, 0.1) is 19.6 Å². The van der Waals surface area contributed by atoms with Crippen LogP contribution >= 0.6 is 0 Å². The van der Waals surface area contributed by atoms with Crippen LogP contribution in [0, 0.1) is 0 Å². The summed E-state index contributed by atoms with van der Waals surface area (Å²) in [6.07, 6.45) is -2.49. The summed E-state index contributed by atoms with van der Waals surface area (Å²) in [7, 11) is 0. The van der Waals surface area contributed by atoms with Crippen molar-refractivity contribution >= 4 is 5.82 Å². The molecule has 18 heavy (non-hydrogen) atoms. The van der Waals surface area contributed by atoms with E-state index in [0.29, 0.717) is 5.82 Å². The molecule has 1 N–H and O–H groups in total. The van der Waals surface area contributed by atoms with Gasteiger partial charge in [0.2, 0.25) is 0 Å². The first-order chi connectivity index (χ1) is 8.51. The summed E-state index contributed by atoms with van der Waals surface area (Å²) in [5.41, 5.74) is 0.811. The van der Waals surface area contributed by atoms with Gasteiger partial charge in [-0.2, -0.15) is 13.2 Å². The van der Waals surface area contributed by atoms with Gasteiger partial charge in [-0.1, -0.05) is 6.92 Å². The molecule has 0 radical (unpaired) electrons. The Morgan fingerprint density at radius 2 is 2.17 bits per heavy atom. The second-order valence-corrected chi connectivity index (χ2v) is 3.89. The Bertz CT molecular complexity index is 355. The Hall–Kier alpha value is -1.30. The van der Waals surface area contributed by atoms with Crippen LogP contribution in [0.2, 0.25) is 0 Å². The second-order valence-electron chi connectivity index (χ2n) is 3.89. The quantitative estimate of drug-likeness (QED) is 0.765. The number of ether oxygens (including phenoxy) is 1. The zero-order valence-corrected chi connectivity index (χ0v) is 10.3. The Morgan fingerprint density at radius 3 is 2.83 bits per heavy atom. The molecule has 0 aliphatic carbocycles. The van der Waals surface area contributed by atoms with Crippen molar-refractivity contribution < 1.29 is 17.9 Å². The molecule has 102 valence electrons. The summed E-state index contributed by atoms with van der Waals surface area (Å²) in [4.78, 5) is 4.10. The molecular formula is C12H17F3N2O. The SMILES string of the molecule is CCCNc1cc(COCCC(F)(F)F)ccn1. The Morgan fingerprint density at radius 1 is 1.39 bits per heavy atom. The van der Waals surface area contributed by atoms with Crippen molar-refractivity contribution in [3.8, 4) is 0 Å². The molecule has 0 aromatic carbocycles. The predicted octanol–water partition coefficient (Wildman–Crippen LogP) is 3.37. The van der Waals surface area contributed by atoms with E-state index in [2.05, 4.69) is 10.3 Å². The van der Waals surface area contributed by atoms with Crippen molar-refractivity contribution in [3.63, 3.8) is 0 Å². The molecule has 0 aliphatic rings. The number of nitrogens with one attached hydrogen (secondary N) is 1. The Kier molecular flexibility index (Phi) is 5.91. The number of halogens is 3. The first kappa shape index (κ1) is 14.8. The van der Waals surface area contributed by atoms with Gasteiger partial charge < -0.3 is 10.1 Å². The number of aromatic nitrogens is 1. The summed E-state index contributed by atoms with van der Waals surface area (Å²) in [6.45, 7) is 2.70. The molecule has 0 amide bonds. The number of hydrogen-bond acceptors (Lipinski definition) is 3. The number of alkyl halides is 3. The van der Waals surface area contributed by atoms with E-state index in [-0.39, 0.29) is 13.2 Å². The minimum Gasteiger partial charge on any atom is -0.376 e. The van der Waals surface area contributed by atoms with Gasteiger partial charge in [0.1, 0.15) is 5.82 Å². The first-order valence-corrected chi connectivity index (χ1v) is 5.84. The molecule has 1 aromatic rings. The van der Waals surface area contributed by atoms with Crippen LogP contribution in [-0.4, -0.2) is 24.3 Å². The highest BCUT2D eigenvalue weighted by Crippen LogP contribution is 2.19. The number of anilines is 1. The lowest BCUT2D eigenvalue weighted by molar-refractivity contribution is -0.146. The molecule has 0 saturated carbocycles. The molecular weight excluding hydrogens is 245 g/mol. The summed E-state index contributed by atoms with van der Waals surface area (Å²) in [5, 5.41) is 3.10. The van der Waals surface area contributed by atoms with Crippen molar-refractivity contribution in [3.05, 3.63) is 23.9 Å². The van der Waals surface area contributed by atoms with Crippen LogP contribution < -0.4 is 5.32 Å². The van der Waals surface area contributed by atoms with Gasteiger partial charge in [-0.15, -0.1) is 0 Å². The third kappa shape index (κ3) is 6.44. The summed E-state index contributed by atoms with van der Waals surface area (Å²) < 4.78 is 40.6. The molecule has 3 nitrogen and oxygen atoms in total. The molecule has 0 unspecified atom stereocenters. The third-order valence-electron chi connectivity index (χ3n) is 2.18. The van der Waals surface area contributed by atoms with Crippen LogP contribution in [0.15, 0.2) is 18.3 Å². The molecule has 1 heterocycles. The van der Waals surface area contributed by atoms with Gasteiger partial charge in [-0.25, -0.2) is 4.98 Å². The first-order valence-electron chi connectivity index (χ1n) is 5.84. The van der Waals surface area contributed by atoms with Crippen molar-refractivity contribution in [1.29, 1.82) is 0 Å². The molecule has 0 saturated heterocycles. The van der Waals surface area contributed by atoms with Gasteiger partial charge in [0.25, 0.3) is 0 Å². The summed E-state index contributed by atoms with van der Waals surface area (Å²) >= 11 is 0. The van der Waals surface area contributed by atoms with E-state index < -0.39 is 12.6 Å². The number of hydrogen-bond donors (Lipinski definition) is 1. The normalized spacial score (nSPS) is 11.6. The molecule has 0 spiro atoms. The molecule has 0 bridgehead atoms. The van der Waals surface area contributed by atoms with Crippen molar-refractivity contribution in [2.75, 3.05) is 18.5 Å². The molecule has 6 heteroatoms. The minimum absolute atomic E-state index is 0.166. The highest BCUT2D eigenvalue weighted by molar-refractivity contribution is 5.37. The second kappa shape index (κ2) is 7.20. The van der Waals surface area contributed by atoms with Crippen LogP contribution in [0.1, 0.15) is 25.3 Å². The average molecular weight is 262 g/mol. The van der Waals surface area contributed by atoms with Crippen LogP contribution in [0.4, 0.5) is 19.0 Å². The van der Waals surface area contributed by atoms with E-state index in [1.165, 1.54) is 0 Å². The molecule has 0 atom stereocenters. The monoisotopic (exact) mass is 262 g/mol. The van der Waals surface area contributed by atoms with Gasteiger partial charge in [-0.05, 0) is 24.1 Å².